The normalized spacial score (nSPS) is 19.6. The summed E-state index contributed by atoms with van der Waals surface area (Å²) in [5, 5.41) is 0. The number of benzene rings is 1. The van der Waals surface area contributed by atoms with Gasteiger partial charge in [0.2, 0.25) is 5.91 Å². The van der Waals surface area contributed by atoms with Gasteiger partial charge in [-0.2, -0.15) is 0 Å². The first kappa shape index (κ1) is 24.0. The Bertz CT molecular complexity index is 572. The average Bonchev–Trinajstić information content (AvgIpc) is 2.64. The monoisotopic (exact) mass is 419 g/mol. The molecule has 2 heterocycles. The quantitative estimate of drug-likeness (QED) is 0.790. The van der Waals surface area contributed by atoms with Crippen LogP contribution < -0.4 is 10.5 Å². The Morgan fingerprint density at radius 1 is 1.11 bits per heavy atom. The molecule has 2 aliphatic rings. The lowest BCUT2D eigenvalue weighted by Crippen LogP contribution is -2.61. The summed E-state index contributed by atoms with van der Waals surface area (Å²) in [4.78, 5) is 17.1. The third kappa shape index (κ3) is 6.22. The summed E-state index contributed by atoms with van der Waals surface area (Å²) in [7, 11) is 0. The van der Waals surface area contributed by atoms with Crippen molar-refractivity contribution in [3.63, 3.8) is 0 Å². The second-order valence-electron chi connectivity index (χ2n) is 6.91. The van der Waals surface area contributed by atoms with E-state index in [-0.39, 0.29) is 30.7 Å². The number of amides is 1. The Kier molecular flexibility index (Phi) is 9.84. The molecule has 8 heteroatoms. The van der Waals surface area contributed by atoms with E-state index in [9.17, 15) is 4.79 Å². The Morgan fingerprint density at radius 3 is 2.26 bits per heavy atom. The van der Waals surface area contributed by atoms with Crippen LogP contribution >= 0.6 is 24.8 Å². The molecule has 2 N–H and O–H groups in total. The molecule has 1 aromatic carbocycles. The number of carbonyl (C=O) groups excluding carboxylic acids is 1. The Balaban J connectivity index is 0.00000182. The highest BCUT2D eigenvalue weighted by atomic mass is 35.5. The zero-order valence-electron chi connectivity index (χ0n) is 15.9. The fourth-order valence-corrected chi connectivity index (χ4v) is 3.49. The fourth-order valence-electron chi connectivity index (χ4n) is 3.49. The first-order valence-corrected chi connectivity index (χ1v) is 9.21. The highest BCUT2D eigenvalue weighted by molar-refractivity contribution is 5.86. The molecule has 0 aliphatic carbocycles. The number of rotatable bonds is 5. The van der Waals surface area contributed by atoms with Gasteiger partial charge >= 0.3 is 0 Å². The Labute approximate surface area is 174 Å². The van der Waals surface area contributed by atoms with Crippen LogP contribution in [0.3, 0.4) is 0 Å². The smallest absolute Gasteiger partial charge is 0.242 e. The molecule has 0 unspecified atom stereocenters. The van der Waals surface area contributed by atoms with Crippen LogP contribution in [-0.2, 0) is 16.1 Å². The molecule has 0 aromatic heterocycles. The van der Waals surface area contributed by atoms with Gasteiger partial charge in [-0.3, -0.25) is 9.69 Å². The molecule has 6 nitrogen and oxygen atoms in total. The van der Waals surface area contributed by atoms with Crippen molar-refractivity contribution in [3.8, 4) is 5.75 Å². The highest BCUT2D eigenvalue weighted by Crippen LogP contribution is 2.22. The fraction of sp³-hybridized carbons (Fsp3) is 0.632. The van der Waals surface area contributed by atoms with Crippen molar-refractivity contribution in [2.24, 2.45) is 5.73 Å². The molecule has 1 aromatic rings. The molecule has 1 amide bonds. The number of ether oxygens (including phenoxy) is 2. The van der Waals surface area contributed by atoms with Crippen LogP contribution in [0.2, 0.25) is 0 Å². The summed E-state index contributed by atoms with van der Waals surface area (Å²) < 4.78 is 10.8. The molecule has 0 saturated carbocycles. The average molecular weight is 420 g/mol. The van der Waals surface area contributed by atoms with Gasteiger partial charge in [0.05, 0.1) is 12.1 Å². The van der Waals surface area contributed by atoms with Crippen LogP contribution in [0.4, 0.5) is 0 Å². The third-order valence-corrected chi connectivity index (χ3v) is 5.11. The Morgan fingerprint density at radius 2 is 1.70 bits per heavy atom. The number of piperazine rings is 1. The lowest BCUT2D eigenvalue weighted by Gasteiger charge is -2.41. The van der Waals surface area contributed by atoms with Crippen molar-refractivity contribution in [2.75, 3.05) is 46.0 Å². The zero-order valence-corrected chi connectivity index (χ0v) is 17.5. The predicted octanol–water partition coefficient (Wildman–Crippen LogP) is 2.08. The van der Waals surface area contributed by atoms with Crippen molar-refractivity contribution < 1.29 is 14.3 Å². The first-order chi connectivity index (χ1) is 12.1. The van der Waals surface area contributed by atoms with E-state index in [1.165, 1.54) is 5.56 Å². The minimum atomic E-state index is -0.727. The molecular weight excluding hydrogens is 389 g/mol. The van der Waals surface area contributed by atoms with Crippen molar-refractivity contribution >= 4 is 30.7 Å². The maximum absolute atomic E-state index is 12.8. The first-order valence-electron chi connectivity index (χ1n) is 9.21. The van der Waals surface area contributed by atoms with E-state index >= 15 is 0 Å². The van der Waals surface area contributed by atoms with Gasteiger partial charge in [0.15, 0.2) is 0 Å². The topological polar surface area (TPSA) is 68.0 Å². The van der Waals surface area contributed by atoms with Crippen LogP contribution in [0, 0.1) is 0 Å². The summed E-state index contributed by atoms with van der Waals surface area (Å²) in [5.41, 5.74) is 6.87. The van der Waals surface area contributed by atoms with Gasteiger partial charge < -0.3 is 20.1 Å². The lowest BCUT2D eigenvalue weighted by molar-refractivity contribution is -0.142. The maximum atomic E-state index is 12.8. The van der Waals surface area contributed by atoms with E-state index in [1.54, 1.807) is 0 Å². The predicted molar refractivity (Wildman–Crippen MR) is 111 cm³/mol. The molecule has 2 saturated heterocycles. The molecule has 2 fully saturated rings. The van der Waals surface area contributed by atoms with Crippen molar-refractivity contribution in [1.29, 1.82) is 0 Å². The molecule has 0 radical (unpaired) electrons. The number of nitrogens with zero attached hydrogens (tertiary/aromatic N) is 2. The van der Waals surface area contributed by atoms with E-state index in [0.29, 0.717) is 32.7 Å². The number of carbonyl (C=O) groups is 1. The Hall–Kier alpha value is -1.05. The SMILES string of the molecule is CCOc1ccc(CN2CCN(C(=O)C3(N)CCOCC3)CC2)cc1.Cl.Cl. The van der Waals surface area contributed by atoms with Crippen LogP contribution in [0.15, 0.2) is 24.3 Å². The van der Waals surface area contributed by atoms with Gasteiger partial charge in [-0.05, 0) is 37.5 Å². The second kappa shape index (κ2) is 11.1. The minimum absolute atomic E-state index is 0. The summed E-state index contributed by atoms with van der Waals surface area (Å²) in [6, 6.07) is 8.25. The highest BCUT2D eigenvalue weighted by Gasteiger charge is 2.39. The maximum Gasteiger partial charge on any atom is 0.242 e. The van der Waals surface area contributed by atoms with E-state index in [4.69, 9.17) is 15.2 Å². The van der Waals surface area contributed by atoms with Gasteiger partial charge in [0.1, 0.15) is 5.75 Å². The minimum Gasteiger partial charge on any atom is -0.494 e. The van der Waals surface area contributed by atoms with Gasteiger partial charge in [0.25, 0.3) is 0 Å². The van der Waals surface area contributed by atoms with E-state index in [2.05, 4.69) is 17.0 Å². The summed E-state index contributed by atoms with van der Waals surface area (Å²) >= 11 is 0. The molecule has 154 valence electrons. The molecule has 0 spiro atoms. The molecular formula is C19H31Cl2N3O3. The summed E-state index contributed by atoms with van der Waals surface area (Å²) in [5.74, 6) is 1.00. The van der Waals surface area contributed by atoms with Crippen LogP contribution in [0.25, 0.3) is 0 Å². The zero-order chi connectivity index (χ0) is 17.7. The van der Waals surface area contributed by atoms with Crippen molar-refractivity contribution in [2.45, 2.75) is 31.8 Å². The largest absolute Gasteiger partial charge is 0.494 e. The molecule has 3 rings (SSSR count). The van der Waals surface area contributed by atoms with Crippen molar-refractivity contribution in [1.82, 2.24) is 9.80 Å². The van der Waals surface area contributed by atoms with E-state index < -0.39 is 5.54 Å². The van der Waals surface area contributed by atoms with Crippen LogP contribution in [0.5, 0.6) is 5.75 Å². The molecule has 2 aliphatic heterocycles. The van der Waals surface area contributed by atoms with E-state index in [0.717, 1.165) is 38.5 Å². The van der Waals surface area contributed by atoms with Crippen molar-refractivity contribution in [3.05, 3.63) is 29.8 Å². The van der Waals surface area contributed by atoms with E-state index in [1.807, 2.05) is 24.0 Å². The second-order valence-corrected chi connectivity index (χ2v) is 6.91. The standard InChI is InChI=1S/C19H29N3O3.2ClH/c1-2-25-17-5-3-16(4-6-17)15-21-9-11-22(12-10-21)18(23)19(20)7-13-24-14-8-19;;/h3-6H,2,7-15,20H2,1H3;2*1H. The van der Waals surface area contributed by atoms with Gasteiger partial charge in [-0.1, -0.05) is 12.1 Å². The third-order valence-electron chi connectivity index (χ3n) is 5.11. The lowest BCUT2D eigenvalue weighted by atomic mass is 9.89. The van der Waals surface area contributed by atoms with Gasteiger partial charge in [-0.15, -0.1) is 24.8 Å². The van der Waals surface area contributed by atoms with Crippen LogP contribution in [0.1, 0.15) is 25.3 Å². The number of hydrogen-bond acceptors (Lipinski definition) is 5. The van der Waals surface area contributed by atoms with Gasteiger partial charge in [0, 0.05) is 45.9 Å². The molecule has 0 bridgehead atoms. The molecule has 27 heavy (non-hydrogen) atoms. The number of hydrogen-bond donors (Lipinski definition) is 1. The summed E-state index contributed by atoms with van der Waals surface area (Å²) in [6.45, 7) is 7.99. The molecule has 0 atom stereocenters. The number of nitrogens with two attached hydrogens (primary N) is 1. The number of halogens is 2. The van der Waals surface area contributed by atoms with Gasteiger partial charge in [-0.25, -0.2) is 0 Å². The summed E-state index contributed by atoms with van der Waals surface area (Å²) in [6.07, 6.45) is 1.25. The van der Waals surface area contributed by atoms with Crippen LogP contribution in [-0.4, -0.2) is 67.2 Å².